The van der Waals surface area contributed by atoms with Crippen LogP contribution in [0.25, 0.3) is 0 Å². The maximum absolute atomic E-state index is 15.0. The molecule has 35 heavy (non-hydrogen) atoms. The number of nitrogens with one attached hydrogen (secondary N) is 1. The molecule has 7 nitrogen and oxygen atoms in total. The van der Waals surface area contributed by atoms with Gasteiger partial charge >= 0.3 is 6.18 Å². The minimum absolute atomic E-state index is 0.0151. The molecule has 0 radical (unpaired) electrons. The van der Waals surface area contributed by atoms with Gasteiger partial charge < -0.3 is 11.1 Å². The Kier molecular flexibility index (Phi) is 5.89. The number of hydrogen-bond acceptors (Lipinski definition) is 6. The van der Waals surface area contributed by atoms with Gasteiger partial charge in [-0.25, -0.2) is 8.78 Å². The van der Waals surface area contributed by atoms with Crippen molar-refractivity contribution in [3.63, 3.8) is 0 Å². The molecule has 190 valence electrons. The Bertz CT molecular complexity index is 1240. The Balaban J connectivity index is 1.69. The number of amides is 1. The number of aromatic nitrogens is 1. The predicted molar refractivity (Wildman–Crippen MR) is 122 cm³/mol. The van der Waals surface area contributed by atoms with Gasteiger partial charge in [-0.15, -0.1) is 0 Å². The van der Waals surface area contributed by atoms with E-state index < -0.39 is 56.3 Å². The van der Waals surface area contributed by atoms with Gasteiger partial charge in [0.1, 0.15) is 34.3 Å². The number of aryl methyl sites for hydroxylation is 1. The van der Waals surface area contributed by atoms with E-state index >= 15 is 0 Å². The van der Waals surface area contributed by atoms with Gasteiger partial charge in [0, 0.05) is 17.4 Å². The molecule has 5 N–H and O–H groups in total. The molecule has 2 aliphatic heterocycles. The first-order chi connectivity index (χ1) is 16.2. The number of aliphatic imine (C=N–C) groups is 1. The third-order valence-corrected chi connectivity index (χ3v) is 10.00. The molecule has 4 rings (SSSR count). The highest BCUT2D eigenvalue weighted by atomic mass is 32.3. The van der Waals surface area contributed by atoms with Gasteiger partial charge in [0.25, 0.3) is 5.91 Å². The fourth-order valence-electron chi connectivity index (χ4n) is 4.86. The first-order valence-electron chi connectivity index (χ1n) is 10.5. The second-order valence-corrected chi connectivity index (χ2v) is 11.5. The molecule has 1 amide bonds. The SMILES string of the molecule is Cc1cc(C(F)(F)F)cnc1C(=O)Nc1ccc(F)c([C@@]2(C)N=C(N)[C@@]3(CF)CC[C@@H]2S3(O)O)c1. The first-order valence-corrected chi connectivity index (χ1v) is 12.1. The number of hydrogen-bond donors (Lipinski definition) is 4. The number of carbonyl (C=O) groups is 1. The van der Waals surface area contributed by atoms with Crippen LogP contribution in [0.2, 0.25) is 0 Å². The van der Waals surface area contributed by atoms with Gasteiger partial charge in [-0.3, -0.25) is 23.9 Å². The lowest BCUT2D eigenvalue weighted by molar-refractivity contribution is -0.137. The van der Waals surface area contributed by atoms with Crippen molar-refractivity contribution in [1.82, 2.24) is 4.98 Å². The average molecular weight is 519 g/mol. The van der Waals surface area contributed by atoms with Crippen molar-refractivity contribution in [3.05, 3.63) is 58.7 Å². The second-order valence-electron chi connectivity index (χ2n) is 8.93. The molecule has 1 saturated heterocycles. The van der Waals surface area contributed by atoms with E-state index in [0.29, 0.717) is 6.20 Å². The molecule has 0 spiro atoms. The molecule has 13 heteroatoms. The standard InChI is InChI=1S/C22H23F5N4O3S/c1-11-7-12(22(25,26)27)9-29-17(11)18(32)30-13-3-4-15(24)14(8-13)20(2)16-5-6-21(10-23,19(28)31-20)35(16,33)34/h3-4,7-9,16,33-34H,5-6,10H2,1-2H3,(H2,28,31)(H,30,32)/t16-,20+,21-/m0/s1. The maximum atomic E-state index is 15.0. The third kappa shape index (κ3) is 3.76. The lowest BCUT2D eigenvalue weighted by Crippen LogP contribution is -2.55. The molecule has 1 aromatic carbocycles. The minimum Gasteiger partial charge on any atom is -0.386 e. The molecule has 0 aliphatic carbocycles. The van der Waals surface area contributed by atoms with E-state index in [1.165, 1.54) is 26.0 Å². The van der Waals surface area contributed by atoms with E-state index in [1.54, 1.807) is 0 Å². The summed E-state index contributed by atoms with van der Waals surface area (Å²) in [6, 6.07) is 4.29. The Morgan fingerprint density at radius 2 is 2.00 bits per heavy atom. The van der Waals surface area contributed by atoms with Crippen molar-refractivity contribution in [2.45, 2.75) is 48.4 Å². The van der Waals surface area contributed by atoms with Crippen molar-refractivity contribution in [2.75, 3.05) is 12.0 Å². The van der Waals surface area contributed by atoms with Gasteiger partial charge in [-0.1, -0.05) is 0 Å². The number of rotatable bonds is 4. The lowest BCUT2D eigenvalue weighted by atomic mass is 9.86. The first kappa shape index (κ1) is 25.3. The Morgan fingerprint density at radius 3 is 2.60 bits per heavy atom. The van der Waals surface area contributed by atoms with Crippen LogP contribution in [0.4, 0.5) is 27.6 Å². The van der Waals surface area contributed by atoms with Crippen LogP contribution in [-0.4, -0.2) is 42.5 Å². The molecule has 1 aromatic heterocycles. The maximum Gasteiger partial charge on any atom is 0.417 e. The van der Waals surface area contributed by atoms with E-state index in [1.807, 2.05) is 0 Å². The van der Waals surface area contributed by atoms with Gasteiger partial charge in [-0.05, 0) is 56.5 Å². The van der Waals surface area contributed by atoms with Gasteiger partial charge in [0.2, 0.25) is 0 Å². The summed E-state index contributed by atoms with van der Waals surface area (Å²) in [6.45, 7) is 1.64. The fourth-order valence-corrected chi connectivity index (χ4v) is 7.60. The molecule has 3 heterocycles. The third-order valence-electron chi connectivity index (χ3n) is 6.83. The lowest BCUT2D eigenvalue weighted by Gasteiger charge is -2.54. The summed E-state index contributed by atoms with van der Waals surface area (Å²) < 4.78 is 87.7. The number of amidine groups is 1. The molecule has 0 unspecified atom stereocenters. The number of benzene rings is 1. The zero-order valence-corrected chi connectivity index (χ0v) is 19.5. The number of nitrogens with two attached hydrogens (primary N) is 1. The molecular formula is C22H23F5N4O3S. The Hall–Kier alpha value is -2.77. The smallest absolute Gasteiger partial charge is 0.386 e. The van der Waals surface area contributed by atoms with Gasteiger partial charge in [0.05, 0.1) is 10.8 Å². The summed E-state index contributed by atoms with van der Waals surface area (Å²) in [5.41, 5.74) is 3.11. The topological polar surface area (TPSA) is 121 Å². The van der Waals surface area contributed by atoms with E-state index in [9.17, 15) is 35.9 Å². The van der Waals surface area contributed by atoms with Crippen molar-refractivity contribution in [2.24, 2.45) is 10.7 Å². The number of carbonyl (C=O) groups excluding carboxylic acids is 1. The molecular weight excluding hydrogens is 495 g/mol. The summed E-state index contributed by atoms with van der Waals surface area (Å²) in [5, 5.41) is 1.45. The second kappa shape index (κ2) is 8.14. The van der Waals surface area contributed by atoms with Gasteiger partial charge in [0.15, 0.2) is 0 Å². The minimum atomic E-state index is -4.62. The largest absolute Gasteiger partial charge is 0.417 e. The van der Waals surface area contributed by atoms with E-state index in [2.05, 4.69) is 15.3 Å². The van der Waals surface area contributed by atoms with Crippen molar-refractivity contribution in [1.29, 1.82) is 0 Å². The quantitative estimate of drug-likeness (QED) is 0.424. The molecule has 3 atom stereocenters. The van der Waals surface area contributed by atoms with Crippen molar-refractivity contribution in [3.8, 4) is 0 Å². The van der Waals surface area contributed by atoms with Gasteiger partial charge in [-0.2, -0.15) is 23.8 Å². The normalized spacial score (nSPS) is 28.4. The Labute approximate surface area is 199 Å². The van der Waals surface area contributed by atoms with Crippen LogP contribution < -0.4 is 11.1 Å². The molecule has 2 aromatic rings. The molecule has 2 aliphatic rings. The predicted octanol–water partition coefficient (Wildman–Crippen LogP) is 5.01. The van der Waals surface area contributed by atoms with Crippen LogP contribution in [0, 0.1) is 12.7 Å². The van der Waals surface area contributed by atoms with E-state index in [-0.39, 0.29) is 41.2 Å². The zero-order chi connectivity index (χ0) is 26.0. The van der Waals surface area contributed by atoms with Crippen LogP contribution in [-0.2, 0) is 11.7 Å². The summed E-state index contributed by atoms with van der Waals surface area (Å²) in [7, 11) is -3.65. The number of anilines is 1. The van der Waals surface area contributed by atoms with E-state index in [4.69, 9.17) is 5.73 Å². The monoisotopic (exact) mass is 518 g/mol. The highest BCUT2D eigenvalue weighted by molar-refractivity contribution is 8.26. The summed E-state index contributed by atoms with van der Waals surface area (Å²) in [4.78, 5) is 20.6. The Morgan fingerprint density at radius 1 is 1.31 bits per heavy atom. The number of halogens is 5. The summed E-state index contributed by atoms with van der Waals surface area (Å²) in [5.74, 6) is -1.90. The molecule has 1 fully saturated rings. The number of alkyl halides is 4. The number of pyridine rings is 1. The summed E-state index contributed by atoms with van der Waals surface area (Å²) >= 11 is 0. The molecule has 2 bridgehead atoms. The van der Waals surface area contributed by atoms with E-state index in [0.717, 1.165) is 12.1 Å². The van der Waals surface area contributed by atoms with Crippen LogP contribution in [0.15, 0.2) is 35.5 Å². The highest BCUT2D eigenvalue weighted by Crippen LogP contribution is 2.71. The van der Waals surface area contributed by atoms with Crippen molar-refractivity contribution >= 4 is 28.0 Å². The number of fused-ring (bicyclic) bond motifs is 2. The van der Waals surface area contributed by atoms with Crippen molar-refractivity contribution < 1.29 is 35.9 Å². The summed E-state index contributed by atoms with van der Waals surface area (Å²) in [6.07, 6.45) is -3.90. The van der Waals surface area contributed by atoms with Crippen LogP contribution >= 0.6 is 10.6 Å². The van der Waals surface area contributed by atoms with Crippen LogP contribution in [0.5, 0.6) is 0 Å². The molecule has 0 saturated carbocycles. The zero-order valence-electron chi connectivity index (χ0n) is 18.7. The highest BCUT2D eigenvalue weighted by Gasteiger charge is 2.65. The van der Waals surface area contributed by atoms with Crippen LogP contribution in [0.1, 0.15) is 46.9 Å². The fraction of sp³-hybridized carbons (Fsp3) is 0.409. The van der Waals surface area contributed by atoms with Crippen LogP contribution in [0.3, 0.4) is 0 Å². The average Bonchev–Trinajstić information content (AvgIpc) is 2.97. The number of nitrogens with zero attached hydrogens (tertiary/aromatic N) is 2.